The van der Waals surface area contributed by atoms with Crippen LogP contribution in [0.4, 0.5) is 26.3 Å². The highest BCUT2D eigenvalue weighted by Gasteiger charge is 2.33. The quantitative estimate of drug-likeness (QED) is 0.579. The van der Waals surface area contributed by atoms with Gasteiger partial charge in [-0.05, 0) is 6.42 Å². The smallest absolute Gasteiger partial charge is 0.227 e. The van der Waals surface area contributed by atoms with Gasteiger partial charge in [0, 0.05) is 6.08 Å². The average molecular weight is 309 g/mol. The molecule has 0 fully saturated rings. The summed E-state index contributed by atoms with van der Waals surface area (Å²) in [4.78, 5) is 0. The van der Waals surface area contributed by atoms with Crippen molar-refractivity contribution in [2.24, 2.45) is 0 Å². The largest absolute Gasteiger partial charge is 0.409 e. The number of nitriles is 1. The lowest BCUT2D eigenvalue weighted by molar-refractivity contribution is -0.129. The maximum Gasteiger partial charge on any atom is 0.409 e. The highest BCUT2D eigenvalue weighted by atomic mass is 32.2. The fourth-order valence-corrected chi connectivity index (χ4v) is 2.37. The minimum atomic E-state index is -4.71. The first kappa shape index (κ1) is 17.8. The third kappa shape index (κ3) is 8.47. The van der Waals surface area contributed by atoms with E-state index in [9.17, 15) is 34.8 Å². The lowest BCUT2D eigenvalue weighted by Gasteiger charge is -2.10. The van der Waals surface area contributed by atoms with Crippen LogP contribution >= 0.6 is 0 Å². The lowest BCUT2D eigenvalue weighted by Crippen LogP contribution is -2.25. The fourth-order valence-electron chi connectivity index (χ4n) is 1.01. The van der Waals surface area contributed by atoms with E-state index in [1.54, 1.807) is 0 Å². The van der Waals surface area contributed by atoms with Gasteiger partial charge in [-0.15, -0.1) is 0 Å². The predicted octanol–water partition coefficient (Wildman–Crippen LogP) is 2.75. The molecule has 0 spiro atoms. The van der Waals surface area contributed by atoms with Crippen molar-refractivity contribution in [1.29, 1.82) is 5.26 Å². The van der Waals surface area contributed by atoms with Crippen molar-refractivity contribution in [2.75, 3.05) is 5.75 Å². The zero-order chi connectivity index (χ0) is 15.3. The number of alkyl halides is 6. The van der Waals surface area contributed by atoms with E-state index in [1.165, 1.54) is 6.07 Å². The van der Waals surface area contributed by atoms with Gasteiger partial charge in [0.25, 0.3) is 0 Å². The summed E-state index contributed by atoms with van der Waals surface area (Å²) in [6.07, 6.45) is -11.7. The predicted molar refractivity (Wildman–Crippen MR) is 53.7 cm³/mol. The van der Waals surface area contributed by atoms with E-state index in [2.05, 4.69) is 0 Å². The van der Waals surface area contributed by atoms with Gasteiger partial charge in [0.1, 0.15) is 0 Å². The highest BCUT2D eigenvalue weighted by molar-refractivity contribution is 7.92. The second-order valence-electron chi connectivity index (χ2n) is 3.53. The van der Waals surface area contributed by atoms with Crippen molar-refractivity contribution in [1.82, 2.24) is 0 Å². The molecule has 1 atom stereocenters. The molecular weight excluding hydrogens is 300 g/mol. The second-order valence-corrected chi connectivity index (χ2v) is 5.83. The summed E-state index contributed by atoms with van der Waals surface area (Å²) in [5, 5.41) is 6.57. The molecule has 110 valence electrons. The van der Waals surface area contributed by atoms with Gasteiger partial charge < -0.3 is 0 Å². The van der Waals surface area contributed by atoms with E-state index in [0.29, 0.717) is 6.08 Å². The lowest BCUT2D eigenvalue weighted by atomic mass is 10.3. The number of hydrogen-bond donors (Lipinski definition) is 0. The number of halogens is 6. The molecule has 0 aromatic rings. The van der Waals surface area contributed by atoms with Crippen LogP contribution in [0, 0.1) is 11.3 Å². The van der Waals surface area contributed by atoms with Crippen LogP contribution in [0.2, 0.25) is 0 Å². The Morgan fingerprint density at radius 2 is 1.68 bits per heavy atom. The number of allylic oxidation sites excluding steroid dienone is 2. The van der Waals surface area contributed by atoms with Crippen LogP contribution in [0.3, 0.4) is 0 Å². The topological polar surface area (TPSA) is 57.9 Å². The van der Waals surface area contributed by atoms with Crippen LogP contribution in [-0.4, -0.2) is 31.8 Å². The van der Waals surface area contributed by atoms with Gasteiger partial charge >= 0.3 is 12.4 Å². The van der Waals surface area contributed by atoms with Crippen molar-refractivity contribution in [2.45, 2.75) is 30.4 Å². The van der Waals surface area contributed by atoms with Crippen molar-refractivity contribution < 1.29 is 34.8 Å². The summed E-state index contributed by atoms with van der Waals surface area (Å²) in [6.45, 7) is 0. The molecule has 0 amide bonds. The minimum Gasteiger partial charge on any atom is -0.227 e. The molecular formula is C9H9F6NO2S. The van der Waals surface area contributed by atoms with E-state index in [1.807, 2.05) is 0 Å². The monoisotopic (exact) mass is 309 g/mol. The summed E-state index contributed by atoms with van der Waals surface area (Å²) in [5.41, 5.74) is 0. The summed E-state index contributed by atoms with van der Waals surface area (Å²) in [6, 6.07) is 1.19. The number of nitrogens with zero attached hydrogens (tertiary/aromatic N) is 1. The molecule has 0 N–H and O–H groups in total. The van der Waals surface area contributed by atoms with Crippen LogP contribution in [0.15, 0.2) is 12.2 Å². The molecule has 10 heteroatoms. The molecule has 0 saturated heterocycles. The summed E-state index contributed by atoms with van der Waals surface area (Å²) >= 11 is 0. The maximum atomic E-state index is 11.9. The Kier molecular flexibility index (Phi) is 5.86. The fraction of sp³-hybridized carbons (Fsp3) is 0.667. The Labute approximate surface area is 105 Å². The van der Waals surface area contributed by atoms with Gasteiger partial charge in [0.05, 0.1) is 18.2 Å². The van der Waals surface area contributed by atoms with E-state index in [4.69, 9.17) is 5.26 Å². The molecule has 19 heavy (non-hydrogen) atoms. The van der Waals surface area contributed by atoms with Crippen LogP contribution in [-0.2, 0) is 9.84 Å². The third-order valence-electron chi connectivity index (χ3n) is 1.90. The van der Waals surface area contributed by atoms with Gasteiger partial charge in [-0.3, -0.25) is 0 Å². The molecule has 0 aromatic carbocycles. The number of hydrogen-bond acceptors (Lipinski definition) is 3. The Bertz CT molecular complexity index is 457. The zero-order valence-corrected chi connectivity index (χ0v) is 10.1. The van der Waals surface area contributed by atoms with Crippen LogP contribution in [0.1, 0.15) is 12.8 Å². The van der Waals surface area contributed by atoms with E-state index in [-0.39, 0.29) is 6.08 Å². The molecule has 0 heterocycles. The number of sulfone groups is 1. The molecule has 0 aliphatic rings. The van der Waals surface area contributed by atoms with Gasteiger partial charge in [-0.1, -0.05) is 6.08 Å². The van der Waals surface area contributed by atoms with Crippen molar-refractivity contribution in [3.05, 3.63) is 12.2 Å². The van der Waals surface area contributed by atoms with Crippen LogP contribution < -0.4 is 0 Å². The van der Waals surface area contributed by atoms with Gasteiger partial charge in [-0.2, -0.15) is 31.6 Å². The van der Waals surface area contributed by atoms with Crippen LogP contribution in [0.25, 0.3) is 0 Å². The molecule has 3 nitrogen and oxygen atoms in total. The van der Waals surface area contributed by atoms with E-state index in [0.717, 1.165) is 0 Å². The standard InChI is InChI=1S/C9H9F6NO2S/c10-8(11,12)3-1-2-7(6-16)19(17,18)5-4-9(13,14)15/h1,3,7H,2,4-5H2/b3-1+. The van der Waals surface area contributed by atoms with E-state index >= 15 is 0 Å². The molecule has 0 aliphatic carbocycles. The van der Waals surface area contributed by atoms with Gasteiger partial charge in [0.2, 0.25) is 0 Å². The summed E-state index contributed by atoms with van der Waals surface area (Å²) in [7, 11) is -4.42. The average Bonchev–Trinajstić information content (AvgIpc) is 2.19. The molecule has 1 unspecified atom stereocenters. The molecule has 0 radical (unpaired) electrons. The summed E-state index contributed by atoms with van der Waals surface area (Å²) < 4.78 is 93.4. The van der Waals surface area contributed by atoms with E-state index < -0.39 is 46.0 Å². The normalized spacial score (nSPS) is 15.4. The Morgan fingerprint density at radius 1 is 1.16 bits per heavy atom. The van der Waals surface area contributed by atoms with Crippen molar-refractivity contribution >= 4 is 9.84 Å². The zero-order valence-electron chi connectivity index (χ0n) is 9.29. The van der Waals surface area contributed by atoms with Crippen molar-refractivity contribution in [3.63, 3.8) is 0 Å². The first-order valence-corrected chi connectivity index (χ1v) is 6.51. The summed E-state index contributed by atoms with van der Waals surface area (Å²) in [5.74, 6) is -1.32. The number of rotatable bonds is 5. The Morgan fingerprint density at radius 3 is 2.05 bits per heavy atom. The van der Waals surface area contributed by atoms with Crippen LogP contribution in [0.5, 0.6) is 0 Å². The molecule has 0 aromatic heterocycles. The highest BCUT2D eigenvalue weighted by Crippen LogP contribution is 2.22. The first-order valence-electron chi connectivity index (χ1n) is 4.80. The van der Waals surface area contributed by atoms with Gasteiger partial charge in [-0.25, -0.2) is 8.42 Å². The van der Waals surface area contributed by atoms with Crippen molar-refractivity contribution in [3.8, 4) is 6.07 Å². The molecule has 0 saturated carbocycles. The minimum absolute atomic E-state index is 0.267. The molecule has 0 rings (SSSR count). The molecule has 0 bridgehead atoms. The van der Waals surface area contributed by atoms with Gasteiger partial charge in [0.15, 0.2) is 15.1 Å². The Balaban J connectivity index is 4.69. The third-order valence-corrected chi connectivity index (χ3v) is 3.84. The Hall–Kier alpha value is -1.24. The second kappa shape index (κ2) is 6.27. The maximum absolute atomic E-state index is 11.9. The SMILES string of the molecule is N#CC(C/C=C/C(F)(F)F)S(=O)(=O)CCC(F)(F)F. The molecule has 0 aliphatic heterocycles. The first-order chi connectivity index (χ1) is 8.37.